The molecule has 0 aromatic rings. The summed E-state index contributed by atoms with van der Waals surface area (Å²) >= 11 is 5.34. The lowest BCUT2D eigenvalue weighted by molar-refractivity contribution is 0.343. The molecule has 0 saturated heterocycles. The van der Waals surface area contributed by atoms with Crippen molar-refractivity contribution in [2.24, 2.45) is 0 Å². The molecule has 0 aliphatic heterocycles. The summed E-state index contributed by atoms with van der Waals surface area (Å²) in [4.78, 5) is 0. The predicted molar refractivity (Wildman–Crippen MR) is 45.0 cm³/mol. The summed E-state index contributed by atoms with van der Waals surface area (Å²) < 4.78 is 16.3. The molecule has 2 nitrogen and oxygen atoms in total. The van der Waals surface area contributed by atoms with Crippen molar-refractivity contribution in [3.05, 3.63) is 12.4 Å². The Morgan fingerprint density at radius 1 is 1.80 bits per heavy atom. The van der Waals surface area contributed by atoms with Crippen LogP contribution in [0.25, 0.3) is 0 Å². The molecule has 1 unspecified atom stereocenters. The monoisotopic (exact) mass is 182 g/mol. The highest BCUT2D eigenvalue weighted by molar-refractivity contribution is 7.62. The summed E-state index contributed by atoms with van der Waals surface area (Å²) in [7, 11) is -2.52. The zero-order valence-corrected chi connectivity index (χ0v) is 7.70. The van der Waals surface area contributed by atoms with Crippen LogP contribution in [0.1, 0.15) is 6.92 Å². The molecule has 0 aliphatic carbocycles. The van der Waals surface area contributed by atoms with E-state index in [-0.39, 0.29) is 0 Å². The van der Waals surface area contributed by atoms with Gasteiger partial charge in [0.1, 0.15) is 0 Å². The molecule has 0 aromatic carbocycles. The van der Waals surface area contributed by atoms with Gasteiger partial charge < -0.3 is 4.52 Å². The first-order chi connectivity index (χ1) is 4.68. The van der Waals surface area contributed by atoms with Crippen molar-refractivity contribution in [3.8, 4) is 0 Å². The second kappa shape index (κ2) is 4.95. The Balaban J connectivity index is 3.82. The van der Waals surface area contributed by atoms with Crippen LogP contribution in [-0.4, -0.2) is 18.6 Å². The van der Waals surface area contributed by atoms with Gasteiger partial charge in [-0.3, -0.25) is 4.57 Å². The van der Waals surface area contributed by atoms with Crippen molar-refractivity contribution < 1.29 is 9.09 Å². The number of alkyl halides is 1. The maximum Gasteiger partial charge on any atom is 0.224 e. The van der Waals surface area contributed by atoms with Crippen LogP contribution >= 0.6 is 19.0 Å². The normalized spacial score (nSPS) is 16.2. The second-order valence-electron chi connectivity index (χ2n) is 1.75. The van der Waals surface area contributed by atoms with Crippen LogP contribution in [0.4, 0.5) is 0 Å². The summed E-state index contributed by atoms with van der Waals surface area (Å²) in [6.45, 7) is 5.56. The molecular weight excluding hydrogens is 170 g/mol. The van der Waals surface area contributed by atoms with Crippen molar-refractivity contribution in [2.75, 3.05) is 18.6 Å². The van der Waals surface area contributed by atoms with Crippen LogP contribution in [0.5, 0.6) is 0 Å². The van der Waals surface area contributed by atoms with Gasteiger partial charge in [-0.1, -0.05) is 13.5 Å². The predicted octanol–water partition coefficient (Wildman–Crippen LogP) is 2.68. The molecule has 0 radical (unpaired) electrons. The van der Waals surface area contributed by atoms with Crippen molar-refractivity contribution >= 4 is 19.0 Å². The Kier molecular flexibility index (Phi) is 5.06. The van der Waals surface area contributed by atoms with Gasteiger partial charge in [-0.25, -0.2) is 0 Å². The Hall–Kier alpha value is 0.220. The molecule has 0 rings (SSSR count). The topological polar surface area (TPSA) is 26.3 Å². The van der Waals surface area contributed by atoms with E-state index in [1.165, 1.54) is 5.82 Å². The largest absolute Gasteiger partial charge is 0.324 e. The van der Waals surface area contributed by atoms with Gasteiger partial charge in [0.15, 0.2) is 0 Å². The van der Waals surface area contributed by atoms with Crippen molar-refractivity contribution in [1.82, 2.24) is 0 Å². The molecule has 10 heavy (non-hydrogen) atoms. The molecule has 60 valence electrons. The van der Waals surface area contributed by atoms with Gasteiger partial charge >= 0.3 is 0 Å². The Morgan fingerprint density at radius 2 is 2.40 bits per heavy atom. The summed E-state index contributed by atoms with van der Waals surface area (Å²) in [5.74, 6) is 1.75. The van der Waals surface area contributed by atoms with Gasteiger partial charge in [-0.15, -0.1) is 11.6 Å². The van der Waals surface area contributed by atoms with Gasteiger partial charge in [0.25, 0.3) is 0 Å². The van der Waals surface area contributed by atoms with Crippen molar-refractivity contribution in [2.45, 2.75) is 6.92 Å². The lowest BCUT2D eigenvalue weighted by atomic mass is 10.9. The molecule has 0 heterocycles. The zero-order valence-electron chi connectivity index (χ0n) is 6.05. The molecule has 0 aliphatic rings. The smallest absolute Gasteiger partial charge is 0.224 e. The molecular formula is C6H12ClO2P. The number of hydrogen-bond donors (Lipinski definition) is 0. The third-order valence-corrected chi connectivity index (χ3v) is 3.32. The third kappa shape index (κ3) is 3.40. The first kappa shape index (κ1) is 10.2. The van der Waals surface area contributed by atoms with Crippen molar-refractivity contribution in [1.29, 1.82) is 0 Å². The minimum absolute atomic E-state index is 0.332. The number of hydrogen-bond acceptors (Lipinski definition) is 2. The molecule has 0 amide bonds. The quantitative estimate of drug-likeness (QED) is 0.483. The maximum absolute atomic E-state index is 11.3. The lowest BCUT2D eigenvalue weighted by Crippen LogP contribution is -1.93. The van der Waals surface area contributed by atoms with Crippen LogP contribution in [0.15, 0.2) is 12.4 Å². The third-order valence-electron chi connectivity index (χ3n) is 1.11. The van der Waals surface area contributed by atoms with E-state index in [1.807, 2.05) is 0 Å². The van der Waals surface area contributed by atoms with Crippen LogP contribution in [0, 0.1) is 0 Å². The molecule has 1 atom stereocenters. The molecule has 0 saturated carbocycles. The molecule has 0 aromatic heterocycles. The fourth-order valence-electron chi connectivity index (χ4n) is 0.462. The Labute approximate surface area is 66.7 Å². The minimum atomic E-state index is -2.52. The van der Waals surface area contributed by atoms with E-state index in [2.05, 4.69) is 6.58 Å². The van der Waals surface area contributed by atoms with Gasteiger partial charge in [-0.2, -0.15) is 0 Å². The van der Waals surface area contributed by atoms with E-state index in [0.717, 1.165) is 0 Å². The SMILES string of the molecule is C=CP(=O)(CC)OCCCl. The first-order valence-corrected chi connectivity index (χ1v) is 5.52. The number of rotatable bonds is 5. The average Bonchev–Trinajstić information content (AvgIpc) is 2.00. The van der Waals surface area contributed by atoms with Crippen molar-refractivity contribution in [3.63, 3.8) is 0 Å². The highest BCUT2D eigenvalue weighted by atomic mass is 35.5. The number of halogens is 1. The summed E-state index contributed by atoms with van der Waals surface area (Å²) in [5.41, 5.74) is 0. The first-order valence-electron chi connectivity index (χ1n) is 3.11. The van der Waals surface area contributed by atoms with E-state index in [9.17, 15) is 4.57 Å². The Morgan fingerprint density at radius 3 is 2.70 bits per heavy atom. The molecule has 4 heteroatoms. The van der Waals surface area contributed by atoms with Crippen LogP contribution in [0.2, 0.25) is 0 Å². The van der Waals surface area contributed by atoms with E-state index >= 15 is 0 Å². The fraction of sp³-hybridized carbons (Fsp3) is 0.667. The fourth-order valence-corrected chi connectivity index (χ4v) is 1.59. The maximum atomic E-state index is 11.3. The van der Waals surface area contributed by atoms with E-state index in [0.29, 0.717) is 18.6 Å². The Bertz CT molecular complexity index is 147. The summed E-state index contributed by atoms with van der Waals surface area (Å²) in [6.07, 6.45) is 0.493. The van der Waals surface area contributed by atoms with E-state index in [4.69, 9.17) is 16.1 Å². The van der Waals surface area contributed by atoms with Gasteiger partial charge in [0.2, 0.25) is 7.37 Å². The molecule has 0 spiro atoms. The zero-order chi connectivity index (χ0) is 8.04. The second-order valence-corrected chi connectivity index (χ2v) is 4.83. The van der Waals surface area contributed by atoms with Gasteiger partial charge in [-0.05, 0) is 5.82 Å². The van der Waals surface area contributed by atoms with Crippen LogP contribution < -0.4 is 0 Å². The van der Waals surface area contributed by atoms with E-state index in [1.54, 1.807) is 6.92 Å². The lowest BCUT2D eigenvalue weighted by Gasteiger charge is -2.09. The standard InChI is InChI=1S/C6H12ClO2P/c1-3-10(8,4-2)9-6-5-7/h3H,1,4-6H2,2H3. The molecule has 0 N–H and O–H groups in total. The highest BCUT2D eigenvalue weighted by Gasteiger charge is 2.13. The van der Waals surface area contributed by atoms with Gasteiger partial charge in [0.05, 0.1) is 6.61 Å². The summed E-state index contributed by atoms with van der Waals surface area (Å²) in [6, 6.07) is 0. The molecule has 0 fully saturated rings. The van der Waals surface area contributed by atoms with E-state index < -0.39 is 7.37 Å². The van der Waals surface area contributed by atoms with Crippen LogP contribution in [0.3, 0.4) is 0 Å². The summed E-state index contributed by atoms with van der Waals surface area (Å²) in [5, 5.41) is 0. The molecule has 0 bridgehead atoms. The average molecular weight is 183 g/mol. The minimum Gasteiger partial charge on any atom is -0.324 e. The highest BCUT2D eigenvalue weighted by Crippen LogP contribution is 2.47. The van der Waals surface area contributed by atoms with Crippen LogP contribution in [-0.2, 0) is 9.09 Å². The van der Waals surface area contributed by atoms with Gasteiger partial charge in [0, 0.05) is 12.0 Å².